The second-order valence-corrected chi connectivity index (χ2v) is 4.63. The summed E-state index contributed by atoms with van der Waals surface area (Å²) in [6.45, 7) is 2.65. The van der Waals surface area contributed by atoms with Crippen LogP contribution >= 0.6 is 0 Å². The molecule has 108 valence electrons. The zero-order valence-corrected chi connectivity index (χ0v) is 11.5. The largest absolute Gasteiger partial charge is 0.267 e. The smallest absolute Gasteiger partial charge is 0.222 e. The van der Waals surface area contributed by atoms with Gasteiger partial charge in [-0.05, 0) is 18.1 Å². The third-order valence-electron chi connectivity index (χ3n) is 2.19. The van der Waals surface area contributed by atoms with Crippen molar-refractivity contribution < 1.29 is 38.4 Å². The molecule has 0 aliphatic carbocycles. The molecule has 1 aromatic carbocycles. The van der Waals surface area contributed by atoms with Crippen LogP contribution in [0.2, 0.25) is 0 Å². The van der Waals surface area contributed by atoms with Crippen LogP contribution in [-0.4, -0.2) is 0 Å². The summed E-state index contributed by atoms with van der Waals surface area (Å²) in [5.41, 5.74) is 2.40. The number of aryl methyl sites for hydroxylation is 1. The Morgan fingerprint density at radius 2 is 1.45 bits per heavy atom. The van der Waals surface area contributed by atoms with Gasteiger partial charge in [0.2, 0.25) is 12.4 Å². The molecule has 20 heavy (non-hydrogen) atoms. The molecule has 0 saturated heterocycles. The van der Waals surface area contributed by atoms with Crippen molar-refractivity contribution in [1.29, 1.82) is 0 Å². The first-order valence-electron chi connectivity index (χ1n) is 5.61. The van der Waals surface area contributed by atoms with E-state index in [1.807, 2.05) is 42.7 Å². The van der Waals surface area contributed by atoms with Crippen LogP contribution in [0, 0.1) is 17.2 Å². The highest BCUT2D eigenvalue weighted by atomic mass is 35.7. The van der Waals surface area contributed by atoms with Crippen LogP contribution < -0.4 is 28.2 Å². The second kappa shape index (κ2) is 7.78. The molecular weight excluding hydrogens is 286 g/mol. The average Bonchev–Trinajstić information content (AvgIpc) is 2.37. The minimum atomic E-state index is -4.94. The van der Waals surface area contributed by atoms with Crippen molar-refractivity contribution in [3.05, 3.63) is 66.0 Å². The maximum atomic E-state index is 8.49. The Labute approximate surface area is 118 Å². The van der Waals surface area contributed by atoms with E-state index in [0.29, 0.717) is 6.61 Å². The average molecular weight is 300 g/mol. The molecule has 0 aliphatic heterocycles. The minimum absolute atomic E-state index is 0.592. The summed E-state index contributed by atoms with van der Waals surface area (Å²) in [4.78, 5) is 5.56. The Hall–Kier alpha value is -1.70. The van der Waals surface area contributed by atoms with E-state index in [9.17, 15) is 0 Å². The Morgan fingerprint density at radius 1 is 0.950 bits per heavy atom. The van der Waals surface area contributed by atoms with Crippen LogP contribution in [0.1, 0.15) is 11.1 Å². The molecule has 1 heterocycles. The Balaban J connectivity index is 0.000000347. The van der Waals surface area contributed by atoms with Crippen LogP contribution in [0.15, 0.2) is 54.9 Å². The first-order valence-corrected chi connectivity index (χ1v) is 6.85. The van der Waals surface area contributed by atoms with Gasteiger partial charge in [0.1, 0.15) is 0 Å². The van der Waals surface area contributed by atoms with Crippen molar-refractivity contribution in [1.82, 2.24) is 0 Å². The lowest BCUT2D eigenvalue weighted by molar-refractivity contribution is -2.00. The maximum absolute atomic E-state index is 8.49. The topological polar surface area (TPSA) is 105 Å². The highest BCUT2D eigenvalue weighted by Crippen LogP contribution is 1.97. The summed E-state index contributed by atoms with van der Waals surface area (Å²) < 4.78 is 35.7. The summed E-state index contributed by atoms with van der Waals surface area (Å²) in [5.74, 6) is 0. The van der Waals surface area contributed by atoms with E-state index in [4.69, 9.17) is 23.5 Å². The number of hydrogen-bond donors (Lipinski definition) is 0. The van der Waals surface area contributed by atoms with Gasteiger partial charge in [-0.25, -0.2) is 18.6 Å². The summed E-state index contributed by atoms with van der Waals surface area (Å²) >= 11 is 0. The van der Waals surface area contributed by atoms with Crippen LogP contribution in [-0.2, 0) is 6.61 Å². The molecule has 0 atom stereocenters. The van der Waals surface area contributed by atoms with Crippen molar-refractivity contribution in [3.63, 3.8) is 0 Å². The fraction of sp³-hybridized carbons (Fsp3) is 0.154. The third-order valence-corrected chi connectivity index (χ3v) is 2.19. The van der Waals surface area contributed by atoms with Gasteiger partial charge in [-0.1, -0.05) is 30.3 Å². The minimum Gasteiger partial charge on any atom is -0.267 e. The van der Waals surface area contributed by atoms with Crippen molar-refractivity contribution in [2.24, 2.45) is 0 Å². The lowest BCUT2D eigenvalue weighted by atomic mass is 10.2. The van der Waals surface area contributed by atoms with Crippen LogP contribution in [0.5, 0.6) is 0 Å². The summed E-state index contributed by atoms with van der Waals surface area (Å²) in [7, 11) is -4.94. The van der Waals surface area contributed by atoms with E-state index >= 15 is 0 Å². The van der Waals surface area contributed by atoms with E-state index in [-0.39, 0.29) is 0 Å². The second-order valence-electron chi connectivity index (χ2n) is 3.87. The van der Waals surface area contributed by atoms with Gasteiger partial charge in [0, 0.05) is 16.9 Å². The predicted molar refractivity (Wildman–Crippen MR) is 58.1 cm³/mol. The molecule has 6 nitrogen and oxygen atoms in total. The molecular formula is C13H14ClNO5. The molecule has 1 aromatic heterocycles. The normalized spacial score (nSPS) is 10.4. The summed E-state index contributed by atoms with van der Waals surface area (Å²) in [5, 5.41) is 0. The summed E-state index contributed by atoms with van der Waals surface area (Å²) in [6.07, 6.45) is 3.83. The van der Waals surface area contributed by atoms with Crippen molar-refractivity contribution in [3.8, 4) is 0 Å². The highest BCUT2D eigenvalue weighted by molar-refractivity contribution is 5.13. The van der Waals surface area contributed by atoms with Gasteiger partial charge in [0.25, 0.3) is 0 Å². The molecule has 0 N–H and O–H groups in total. The lowest BCUT2D eigenvalue weighted by Gasteiger charge is -2.17. The first-order chi connectivity index (χ1) is 9.34. The van der Waals surface area contributed by atoms with E-state index in [2.05, 4.69) is 19.1 Å². The van der Waals surface area contributed by atoms with E-state index in [0.717, 1.165) is 0 Å². The van der Waals surface area contributed by atoms with Gasteiger partial charge in [-0.15, -0.1) is 10.2 Å². The number of aromatic nitrogens is 1. The fourth-order valence-corrected chi connectivity index (χ4v) is 1.30. The molecule has 0 saturated carbocycles. The van der Waals surface area contributed by atoms with Crippen LogP contribution in [0.4, 0.5) is 0 Å². The quantitative estimate of drug-likeness (QED) is 0.568. The molecule has 2 rings (SSSR count). The van der Waals surface area contributed by atoms with Gasteiger partial charge in [0.15, 0.2) is 6.61 Å². The van der Waals surface area contributed by atoms with Crippen molar-refractivity contribution in [2.75, 3.05) is 0 Å². The molecule has 2 aromatic rings. The van der Waals surface area contributed by atoms with Crippen LogP contribution in [0.3, 0.4) is 0 Å². The Kier molecular flexibility index (Phi) is 6.37. The Bertz CT molecular complexity index is 492. The zero-order chi connectivity index (χ0) is 15.0. The van der Waals surface area contributed by atoms with Gasteiger partial charge < -0.3 is 0 Å². The van der Waals surface area contributed by atoms with Crippen LogP contribution in [0.25, 0.3) is 0 Å². The number of hydrogen-bond acceptors (Lipinski definition) is 5. The lowest BCUT2D eigenvalue weighted by Crippen LogP contribution is -2.68. The van der Waals surface area contributed by atoms with E-state index < -0.39 is 10.2 Å². The number of nitrogens with zero attached hydrogens (tertiary/aromatic N) is 1. The number of halogens is 1. The molecule has 0 bridgehead atoms. The van der Waals surface area contributed by atoms with Gasteiger partial charge in [-0.3, -0.25) is 4.84 Å². The molecule has 0 unspecified atom stereocenters. The molecule has 0 amide bonds. The maximum Gasteiger partial charge on any atom is 0.222 e. The molecule has 7 heteroatoms. The fourth-order valence-electron chi connectivity index (χ4n) is 1.30. The Morgan fingerprint density at radius 3 is 1.95 bits per heavy atom. The molecule has 0 radical (unpaired) electrons. The highest BCUT2D eigenvalue weighted by Gasteiger charge is 2.00. The van der Waals surface area contributed by atoms with E-state index in [1.54, 1.807) is 4.73 Å². The predicted octanol–water partition coefficient (Wildman–Crippen LogP) is -2.84. The van der Waals surface area contributed by atoms with E-state index in [1.165, 1.54) is 11.1 Å². The number of rotatable bonds is 3. The zero-order valence-electron chi connectivity index (χ0n) is 10.8. The summed E-state index contributed by atoms with van der Waals surface area (Å²) in [6, 6.07) is 14.2. The monoisotopic (exact) mass is 299 g/mol. The van der Waals surface area contributed by atoms with Gasteiger partial charge >= 0.3 is 0 Å². The number of benzene rings is 1. The van der Waals surface area contributed by atoms with Crippen molar-refractivity contribution in [2.45, 2.75) is 13.5 Å². The first kappa shape index (κ1) is 16.4. The van der Waals surface area contributed by atoms with Gasteiger partial charge in [0.05, 0.1) is 0 Å². The standard InChI is InChI=1S/C13H14NO.ClHO4/c1-12-7-9-14(10-8-12)15-11-13-5-3-2-4-6-13;2-1(3,4)5/h2-10H,11H2,1H3;(H,2,3,4,5)/q+1;/p-1. The molecule has 0 fully saturated rings. The molecule has 0 aliphatic rings. The third kappa shape index (κ3) is 8.41. The van der Waals surface area contributed by atoms with Crippen molar-refractivity contribution >= 4 is 0 Å². The number of pyridine rings is 1. The van der Waals surface area contributed by atoms with Gasteiger partial charge in [-0.2, -0.15) is 0 Å². The SMILES string of the molecule is Cc1cc[n+](OCc2ccccc2)cc1.[O-][Cl+3]([O-])([O-])[O-]. The molecule has 0 spiro atoms.